The van der Waals surface area contributed by atoms with E-state index in [1.165, 1.54) is 6.07 Å². The molecular formula is C41H45N13O5. The van der Waals surface area contributed by atoms with Crippen LogP contribution < -0.4 is 36.0 Å². The number of hydrogen-bond acceptors (Lipinski definition) is 13. The Labute approximate surface area is 341 Å². The number of carbonyl (C=O) groups excluding carboxylic acids is 3. The van der Waals surface area contributed by atoms with E-state index in [2.05, 4.69) is 46.4 Å². The molecule has 5 N–H and O–H groups in total. The predicted molar refractivity (Wildman–Crippen MR) is 220 cm³/mol. The average molecular weight is 800 g/mol. The number of Topliss-reactive ketones (excluding diaryl/α,β-unsaturated/α-hetero) is 1. The van der Waals surface area contributed by atoms with Gasteiger partial charge in [0.15, 0.2) is 23.1 Å². The van der Waals surface area contributed by atoms with Crippen LogP contribution >= 0.6 is 0 Å². The number of fused-ring (bicyclic) bond motifs is 8. The quantitative estimate of drug-likeness (QED) is 0.181. The standard InChI is InChI=1S/C21H22N6O2.C16H15N5O3.C4H8N2/c1-21(2,13-22)11-17(28)15-6-7-16-19(24-15)27(14-8-10-26(16)12-14)20(29)25-18-5-3-4-9-23-18;22-15(23)11-4-5-12-14(18-11)21(10-6-8-20(12)9-10)16(24)19-13-3-1-2-7-17-13;1-4(2,6)3-5/h3-7,9,14H,8,10-12H2,1-2H3,(H,23,25,29);1-5,7,10H,6,8-9H2,(H,22,23)(H,17,19,24);6H2,1-2H3/t14-;10-;/m00./s1. The summed E-state index contributed by atoms with van der Waals surface area (Å²) in [6, 6.07) is 20.6. The number of carboxylic acids is 1. The minimum atomic E-state index is -1.11. The summed E-state index contributed by atoms with van der Waals surface area (Å²) in [5, 5.41) is 32.0. The molecule has 0 radical (unpaired) electrons. The molecule has 0 aromatic carbocycles. The third-order valence-electron chi connectivity index (χ3n) is 9.84. The summed E-state index contributed by atoms with van der Waals surface area (Å²) < 4.78 is 0. The first-order valence-electron chi connectivity index (χ1n) is 19.0. The zero-order valence-electron chi connectivity index (χ0n) is 33.2. The number of urea groups is 2. The minimum Gasteiger partial charge on any atom is -0.477 e. The number of nitriles is 2. The fourth-order valence-corrected chi connectivity index (χ4v) is 6.96. The van der Waals surface area contributed by atoms with Crippen molar-refractivity contribution in [3.05, 3.63) is 84.4 Å². The number of nitrogens with one attached hydrogen (secondary N) is 2. The summed E-state index contributed by atoms with van der Waals surface area (Å²) in [6.07, 6.45) is 4.93. The van der Waals surface area contributed by atoms with Crippen molar-refractivity contribution in [3.63, 3.8) is 0 Å². The molecule has 8 heterocycles. The van der Waals surface area contributed by atoms with Crippen LogP contribution in [0.4, 0.5) is 44.2 Å². The van der Waals surface area contributed by atoms with Crippen LogP contribution in [0.25, 0.3) is 0 Å². The Kier molecular flexibility index (Phi) is 12.0. The van der Waals surface area contributed by atoms with Gasteiger partial charge in [0.1, 0.15) is 17.3 Å². The lowest BCUT2D eigenvalue weighted by molar-refractivity contribution is 0.0690. The van der Waals surface area contributed by atoms with Crippen molar-refractivity contribution in [1.29, 1.82) is 10.5 Å². The highest BCUT2D eigenvalue weighted by Gasteiger charge is 2.42. The Morgan fingerprint density at radius 2 is 1.20 bits per heavy atom. The second kappa shape index (κ2) is 17.1. The van der Waals surface area contributed by atoms with Crippen LogP contribution in [0.2, 0.25) is 0 Å². The monoisotopic (exact) mass is 799 g/mol. The summed E-state index contributed by atoms with van der Waals surface area (Å²) >= 11 is 0. The number of rotatable bonds is 6. The van der Waals surface area contributed by atoms with Gasteiger partial charge in [-0.05, 0) is 89.1 Å². The number of aromatic nitrogens is 4. The molecule has 2 saturated heterocycles. The summed E-state index contributed by atoms with van der Waals surface area (Å²) in [6.45, 7) is 9.88. The molecule has 2 fully saturated rings. The van der Waals surface area contributed by atoms with Gasteiger partial charge in [-0.3, -0.25) is 25.2 Å². The molecule has 0 saturated carbocycles. The van der Waals surface area contributed by atoms with Gasteiger partial charge in [-0.15, -0.1) is 0 Å². The number of carbonyl (C=O) groups is 4. The molecule has 4 aromatic rings. The normalized spacial score (nSPS) is 17.1. The van der Waals surface area contributed by atoms with Gasteiger partial charge >= 0.3 is 18.0 Å². The number of aromatic carboxylic acids is 1. The second-order valence-corrected chi connectivity index (χ2v) is 15.6. The first-order chi connectivity index (χ1) is 28.1. The van der Waals surface area contributed by atoms with Gasteiger partial charge in [0.2, 0.25) is 0 Å². The molecule has 18 heteroatoms. The van der Waals surface area contributed by atoms with Gasteiger partial charge in [-0.25, -0.2) is 34.3 Å². The number of pyridine rings is 4. The molecule has 4 aromatic heterocycles. The highest BCUT2D eigenvalue weighted by Crippen LogP contribution is 2.40. The van der Waals surface area contributed by atoms with Crippen molar-refractivity contribution in [1.82, 2.24) is 19.9 Å². The Morgan fingerprint density at radius 3 is 1.61 bits per heavy atom. The smallest absolute Gasteiger partial charge is 0.354 e. The maximum Gasteiger partial charge on any atom is 0.354 e. The van der Waals surface area contributed by atoms with Gasteiger partial charge in [-0.1, -0.05) is 12.1 Å². The minimum absolute atomic E-state index is 0.0142. The van der Waals surface area contributed by atoms with Crippen LogP contribution in [-0.4, -0.2) is 92.7 Å². The first-order valence-corrected chi connectivity index (χ1v) is 19.0. The molecule has 4 aliphatic heterocycles. The van der Waals surface area contributed by atoms with Gasteiger partial charge in [0.05, 0.1) is 46.6 Å². The van der Waals surface area contributed by atoms with E-state index in [0.29, 0.717) is 23.3 Å². The molecule has 304 valence electrons. The number of carboxylic acid groups (broad SMARTS) is 1. The van der Waals surface area contributed by atoms with Crippen molar-refractivity contribution in [3.8, 4) is 12.1 Å². The molecule has 0 aliphatic carbocycles. The average Bonchev–Trinajstić information content (AvgIpc) is 3.83. The van der Waals surface area contributed by atoms with Crippen LogP contribution in [-0.2, 0) is 0 Å². The van der Waals surface area contributed by atoms with Crippen molar-refractivity contribution in [2.24, 2.45) is 11.1 Å². The van der Waals surface area contributed by atoms with Crippen LogP contribution in [0.5, 0.6) is 0 Å². The van der Waals surface area contributed by atoms with E-state index < -0.39 is 16.9 Å². The van der Waals surface area contributed by atoms with Gasteiger partial charge in [-0.2, -0.15) is 10.5 Å². The third-order valence-corrected chi connectivity index (χ3v) is 9.84. The Hall–Kier alpha value is -7.18. The first kappa shape index (κ1) is 41.5. The van der Waals surface area contributed by atoms with Crippen molar-refractivity contribution in [2.45, 2.75) is 64.6 Å². The van der Waals surface area contributed by atoms with Crippen LogP contribution in [0, 0.1) is 28.1 Å². The van der Waals surface area contributed by atoms with E-state index in [9.17, 15) is 29.5 Å². The number of nitrogens with two attached hydrogens (primary N) is 1. The van der Waals surface area contributed by atoms with Gasteiger partial charge in [0.25, 0.3) is 0 Å². The number of amides is 4. The summed E-state index contributed by atoms with van der Waals surface area (Å²) in [4.78, 5) is 74.3. The molecule has 18 nitrogen and oxygen atoms in total. The van der Waals surface area contributed by atoms with Crippen molar-refractivity contribution in [2.75, 3.05) is 56.4 Å². The Morgan fingerprint density at radius 1 is 0.746 bits per heavy atom. The summed E-state index contributed by atoms with van der Waals surface area (Å²) in [7, 11) is 0. The molecule has 4 amide bonds. The number of anilines is 6. The predicted octanol–water partition coefficient (Wildman–Crippen LogP) is 5.28. The number of ketones is 1. The van der Waals surface area contributed by atoms with E-state index in [1.807, 2.05) is 12.1 Å². The lowest BCUT2D eigenvalue weighted by atomic mass is 9.88. The Bertz CT molecular complexity index is 2300. The lowest BCUT2D eigenvalue weighted by Gasteiger charge is -2.35. The fraction of sp³-hybridized carbons (Fsp3) is 0.366. The largest absolute Gasteiger partial charge is 0.477 e. The van der Waals surface area contributed by atoms with E-state index >= 15 is 0 Å². The van der Waals surface area contributed by atoms with Crippen molar-refractivity contribution >= 4 is 58.5 Å². The van der Waals surface area contributed by atoms with E-state index in [4.69, 9.17) is 11.0 Å². The molecule has 0 unspecified atom stereocenters. The molecular weight excluding hydrogens is 755 g/mol. The molecule has 59 heavy (non-hydrogen) atoms. The zero-order valence-corrected chi connectivity index (χ0v) is 33.2. The molecule has 4 bridgehead atoms. The highest BCUT2D eigenvalue weighted by molar-refractivity contribution is 6.06. The molecule has 0 spiro atoms. The van der Waals surface area contributed by atoms with Crippen molar-refractivity contribution < 1.29 is 24.3 Å². The van der Waals surface area contributed by atoms with Crippen LogP contribution in [0.15, 0.2) is 73.1 Å². The van der Waals surface area contributed by atoms with Crippen LogP contribution in [0.1, 0.15) is 67.9 Å². The topological polar surface area (TPSA) is 251 Å². The summed E-state index contributed by atoms with van der Waals surface area (Å²) in [5.74, 6) is 0.444. The second-order valence-electron chi connectivity index (χ2n) is 15.6. The zero-order chi connectivity index (χ0) is 42.5. The molecule has 2 atom stereocenters. The van der Waals surface area contributed by atoms with E-state index in [-0.39, 0.29) is 47.7 Å². The number of nitrogens with zero attached hydrogens (tertiary/aromatic N) is 10. The maximum atomic E-state index is 13.1. The Balaban J connectivity index is 0.000000177. The highest BCUT2D eigenvalue weighted by atomic mass is 16.4. The van der Waals surface area contributed by atoms with E-state index in [0.717, 1.165) is 50.4 Å². The van der Waals surface area contributed by atoms with E-state index in [1.54, 1.807) is 98.4 Å². The SMILES string of the molecule is CC(C)(C#N)CC(=O)c1ccc2c(n1)N(C(=O)Nc1ccccn1)[C@H]1CCN2C1.CC(C)(N)C#N.O=C(O)c1ccc2c(n1)N(C(=O)Nc1ccccn1)[C@H]1CCN2C1. The lowest BCUT2D eigenvalue weighted by Crippen LogP contribution is -2.48. The van der Waals surface area contributed by atoms with Gasteiger partial charge in [0, 0.05) is 45.0 Å². The van der Waals surface area contributed by atoms with Crippen LogP contribution in [0.3, 0.4) is 0 Å². The summed E-state index contributed by atoms with van der Waals surface area (Å²) in [5.41, 5.74) is 5.56. The third kappa shape index (κ3) is 9.69. The number of hydrogen-bond donors (Lipinski definition) is 4. The fourth-order valence-electron chi connectivity index (χ4n) is 6.96. The molecule has 4 aliphatic rings. The molecule has 8 rings (SSSR count). The maximum absolute atomic E-state index is 13.1. The van der Waals surface area contributed by atoms with Gasteiger partial charge < -0.3 is 20.6 Å².